The maximum Gasteiger partial charge on any atom is 0.211 e. The normalized spacial score (nSPS) is 12.2. The van der Waals surface area contributed by atoms with Crippen molar-refractivity contribution < 1.29 is 13.2 Å². The van der Waals surface area contributed by atoms with E-state index in [2.05, 4.69) is 23.5 Å². The van der Waals surface area contributed by atoms with Crippen molar-refractivity contribution in [2.45, 2.75) is 33.6 Å². The van der Waals surface area contributed by atoms with Crippen molar-refractivity contribution in [1.29, 1.82) is 0 Å². The third-order valence-electron chi connectivity index (χ3n) is 2.78. The minimum absolute atomic E-state index is 0.211. The van der Waals surface area contributed by atoms with Gasteiger partial charge in [0.1, 0.15) is 0 Å². The minimum Gasteiger partial charge on any atom is -0.379 e. The molecular formula is C12H28N2O3S. The zero-order valence-electron chi connectivity index (χ0n) is 11.9. The van der Waals surface area contributed by atoms with E-state index in [9.17, 15) is 8.42 Å². The van der Waals surface area contributed by atoms with E-state index in [1.54, 1.807) is 0 Å². The molecule has 0 aliphatic rings. The molecule has 0 unspecified atom stereocenters. The molecular weight excluding hydrogens is 252 g/mol. The summed E-state index contributed by atoms with van der Waals surface area (Å²) in [6.45, 7) is 10.6. The molecule has 0 rings (SSSR count). The van der Waals surface area contributed by atoms with Crippen LogP contribution in [0.1, 0.15) is 33.6 Å². The molecule has 0 aromatic heterocycles. The summed E-state index contributed by atoms with van der Waals surface area (Å²) in [6.07, 6.45) is 1.60. The third-order valence-corrected chi connectivity index (χ3v) is 4.25. The minimum atomic E-state index is -3.10. The average molecular weight is 280 g/mol. The standard InChI is InChI=1S/C12H28N2O3S/c1-4-7-12-18(15,16)13-8-10-17-11-9-14(5-2)6-3/h13H,4-12H2,1-3H3. The number of sulfonamides is 1. The lowest BCUT2D eigenvalue weighted by atomic mass is 10.4. The van der Waals surface area contributed by atoms with Gasteiger partial charge in [-0.25, -0.2) is 13.1 Å². The Morgan fingerprint density at radius 3 is 2.33 bits per heavy atom. The molecule has 0 heterocycles. The Labute approximate surface area is 112 Å². The van der Waals surface area contributed by atoms with Crippen LogP contribution in [0.25, 0.3) is 0 Å². The van der Waals surface area contributed by atoms with Crippen LogP contribution in [0, 0.1) is 0 Å². The first-order valence-corrected chi connectivity index (χ1v) is 8.48. The van der Waals surface area contributed by atoms with Crippen LogP contribution in [0.5, 0.6) is 0 Å². The number of nitrogens with zero attached hydrogens (tertiary/aromatic N) is 1. The van der Waals surface area contributed by atoms with Gasteiger partial charge in [0.25, 0.3) is 0 Å². The maximum atomic E-state index is 11.4. The van der Waals surface area contributed by atoms with Gasteiger partial charge in [0, 0.05) is 13.1 Å². The fourth-order valence-electron chi connectivity index (χ4n) is 1.51. The Hall–Kier alpha value is -0.170. The van der Waals surface area contributed by atoms with Gasteiger partial charge in [0.15, 0.2) is 0 Å². The summed E-state index contributed by atoms with van der Waals surface area (Å²) in [5.74, 6) is 0.211. The molecule has 0 bridgehead atoms. The molecule has 0 radical (unpaired) electrons. The van der Waals surface area contributed by atoms with Gasteiger partial charge < -0.3 is 9.64 Å². The molecule has 0 spiro atoms. The van der Waals surface area contributed by atoms with Crippen molar-refractivity contribution in [3.8, 4) is 0 Å². The number of ether oxygens (including phenoxy) is 1. The van der Waals surface area contributed by atoms with Crippen LogP contribution in [0.3, 0.4) is 0 Å². The highest BCUT2D eigenvalue weighted by atomic mass is 32.2. The van der Waals surface area contributed by atoms with Gasteiger partial charge in [-0.05, 0) is 19.5 Å². The monoisotopic (exact) mass is 280 g/mol. The zero-order chi connectivity index (χ0) is 13.9. The number of nitrogens with one attached hydrogen (secondary N) is 1. The van der Waals surface area contributed by atoms with E-state index in [0.717, 1.165) is 26.1 Å². The van der Waals surface area contributed by atoms with E-state index >= 15 is 0 Å². The molecule has 0 aliphatic heterocycles. The lowest BCUT2D eigenvalue weighted by Gasteiger charge is -2.17. The Morgan fingerprint density at radius 1 is 1.11 bits per heavy atom. The highest BCUT2D eigenvalue weighted by molar-refractivity contribution is 7.89. The SMILES string of the molecule is CCCCS(=O)(=O)NCCOCCN(CC)CC. The van der Waals surface area contributed by atoms with Crippen molar-refractivity contribution >= 4 is 10.0 Å². The summed E-state index contributed by atoms with van der Waals surface area (Å²) < 4.78 is 30.8. The predicted molar refractivity (Wildman–Crippen MR) is 75.3 cm³/mol. The molecule has 0 saturated heterocycles. The maximum absolute atomic E-state index is 11.4. The molecule has 0 saturated carbocycles. The van der Waals surface area contributed by atoms with Gasteiger partial charge in [-0.1, -0.05) is 27.2 Å². The van der Waals surface area contributed by atoms with Crippen LogP contribution in [0.15, 0.2) is 0 Å². The molecule has 0 aromatic carbocycles. The van der Waals surface area contributed by atoms with Gasteiger partial charge in [-0.2, -0.15) is 0 Å². The van der Waals surface area contributed by atoms with Gasteiger partial charge in [-0.15, -0.1) is 0 Å². The van der Waals surface area contributed by atoms with Crippen molar-refractivity contribution in [3.05, 3.63) is 0 Å². The third kappa shape index (κ3) is 9.82. The van der Waals surface area contributed by atoms with Crippen LogP contribution in [-0.4, -0.2) is 58.5 Å². The quantitative estimate of drug-likeness (QED) is 0.543. The van der Waals surface area contributed by atoms with E-state index in [1.807, 2.05) is 6.92 Å². The Morgan fingerprint density at radius 2 is 1.78 bits per heavy atom. The summed E-state index contributed by atoms with van der Waals surface area (Å²) in [7, 11) is -3.10. The fourth-order valence-corrected chi connectivity index (χ4v) is 2.72. The highest BCUT2D eigenvalue weighted by Gasteiger charge is 2.07. The van der Waals surface area contributed by atoms with E-state index in [0.29, 0.717) is 26.2 Å². The van der Waals surface area contributed by atoms with Crippen molar-refractivity contribution in [1.82, 2.24) is 9.62 Å². The van der Waals surface area contributed by atoms with Crippen molar-refractivity contribution in [2.75, 3.05) is 45.1 Å². The molecule has 1 N–H and O–H groups in total. The molecule has 0 aliphatic carbocycles. The van der Waals surface area contributed by atoms with Gasteiger partial charge in [0.2, 0.25) is 10.0 Å². The van der Waals surface area contributed by atoms with Gasteiger partial charge in [-0.3, -0.25) is 0 Å². The van der Waals surface area contributed by atoms with E-state index in [4.69, 9.17) is 4.74 Å². The van der Waals surface area contributed by atoms with Gasteiger partial charge >= 0.3 is 0 Å². The van der Waals surface area contributed by atoms with Crippen LogP contribution >= 0.6 is 0 Å². The molecule has 5 nitrogen and oxygen atoms in total. The zero-order valence-corrected chi connectivity index (χ0v) is 12.8. The molecule has 0 atom stereocenters. The number of hydrogen-bond donors (Lipinski definition) is 1. The van der Waals surface area contributed by atoms with Crippen molar-refractivity contribution in [3.63, 3.8) is 0 Å². The average Bonchev–Trinajstić information content (AvgIpc) is 2.36. The van der Waals surface area contributed by atoms with E-state index < -0.39 is 10.0 Å². The van der Waals surface area contributed by atoms with Crippen molar-refractivity contribution in [2.24, 2.45) is 0 Å². The smallest absolute Gasteiger partial charge is 0.211 e. The number of hydrogen-bond acceptors (Lipinski definition) is 4. The first-order chi connectivity index (χ1) is 8.55. The summed E-state index contributed by atoms with van der Waals surface area (Å²) in [5.41, 5.74) is 0. The summed E-state index contributed by atoms with van der Waals surface area (Å²) in [5, 5.41) is 0. The van der Waals surface area contributed by atoms with Crippen LogP contribution in [0.4, 0.5) is 0 Å². The van der Waals surface area contributed by atoms with E-state index in [-0.39, 0.29) is 5.75 Å². The van der Waals surface area contributed by atoms with Crippen LogP contribution < -0.4 is 4.72 Å². The lowest BCUT2D eigenvalue weighted by Crippen LogP contribution is -2.31. The second kappa shape index (κ2) is 10.7. The highest BCUT2D eigenvalue weighted by Crippen LogP contribution is 1.93. The molecule has 0 aromatic rings. The lowest BCUT2D eigenvalue weighted by molar-refractivity contribution is 0.111. The molecule has 110 valence electrons. The fraction of sp³-hybridized carbons (Fsp3) is 1.00. The second-order valence-electron chi connectivity index (χ2n) is 4.21. The summed E-state index contributed by atoms with van der Waals surface area (Å²) in [4.78, 5) is 2.27. The summed E-state index contributed by atoms with van der Waals surface area (Å²) >= 11 is 0. The Balaban J connectivity index is 3.50. The Bertz CT molecular complexity index is 277. The van der Waals surface area contributed by atoms with Crippen LogP contribution in [-0.2, 0) is 14.8 Å². The molecule has 0 fully saturated rings. The van der Waals surface area contributed by atoms with Crippen LogP contribution in [0.2, 0.25) is 0 Å². The Kier molecular flexibility index (Phi) is 10.6. The molecule has 0 amide bonds. The molecule has 6 heteroatoms. The first kappa shape index (κ1) is 17.8. The largest absolute Gasteiger partial charge is 0.379 e. The van der Waals surface area contributed by atoms with Gasteiger partial charge in [0.05, 0.1) is 19.0 Å². The van der Waals surface area contributed by atoms with E-state index in [1.165, 1.54) is 0 Å². The number of likely N-dealkylation sites (N-methyl/N-ethyl adjacent to an activating group) is 1. The summed E-state index contributed by atoms with van der Waals surface area (Å²) in [6, 6.07) is 0. The second-order valence-corrected chi connectivity index (χ2v) is 6.13. The topological polar surface area (TPSA) is 58.6 Å². The molecule has 18 heavy (non-hydrogen) atoms. The number of rotatable bonds is 12. The predicted octanol–water partition coefficient (Wildman–Crippen LogP) is 1.06. The first-order valence-electron chi connectivity index (χ1n) is 6.83. The number of unbranched alkanes of at least 4 members (excludes halogenated alkanes) is 1.